The monoisotopic (exact) mass is 384 g/mol. The Kier molecular flexibility index (Phi) is 7.77. The number of rotatable bonds is 8. The molecule has 0 radical (unpaired) electrons. The van der Waals surface area contributed by atoms with Crippen LogP contribution in [0.1, 0.15) is 43.6 Å². The Morgan fingerprint density at radius 2 is 1.73 bits per heavy atom. The van der Waals surface area contributed by atoms with Crippen LogP contribution in [0.5, 0.6) is 0 Å². The number of amides is 1. The molecule has 0 spiro atoms. The Labute approximate surface area is 156 Å². The van der Waals surface area contributed by atoms with Crippen LogP contribution in [0, 0.1) is 6.92 Å². The molecule has 1 aromatic carbocycles. The highest BCUT2D eigenvalue weighted by Gasteiger charge is 2.25. The van der Waals surface area contributed by atoms with E-state index < -0.39 is 16.0 Å². The number of carbonyl (C=O) groups is 2. The molecule has 0 heterocycles. The van der Waals surface area contributed by atoms with Crippen LogP contribution in [-0.4, -0.2) is 62.3 Å². The second-order valence-electron chi connectivity index (χ2n) is 6.24. The maximum atomic E-state index is 12.7. The normalized spacial score (nSPS) is 11.7. The minimum Gasteiger partial charge on any atom is -0.452 e. The lowest BCUT2D eigenvalue weighted by molar-refractivity contribution is -0.134. The van der Waals surface area contributed by atoms with Gasteiger partial charge in [-0.1, -0.05) is 19.9 Å². The summed E-state index contributed by atoms with van der Waals surface area (Å²) in [6, 6.07) is 4.36. The van der Waals surface area contributed by atoms with Crippen molar-refractivity contribution in [3.8, 4) is 0 Å². The minimum absolute atomic E-state index is 0.00797. The topological polar surface area (TPSA) is 84.0 Å². The lowest BCUT2D eigenvalue weighted by Gasteiger charge is -2.21. The Hall–Kier alpha value is -1.93. The first-order valence-electron chi connectivity index (χ1n) is 8.59. The van der Waals surface area contributed by atoms with Crippen molar-refractivity contribution >= 4 is 21.9 Å². The lowest BCUT2D eigenvalue weighted by atomic mass is 10.1. The summed E-state index contributed by atoms with van der Waals surface area (Å²) in [6.45, 7) is 9.17. The summed E-state index contributed by atoms with van der Waals surface area (Å²) >= 11 is 0. The first-order chi connectivity index (χ1) is 12.1. The zero-order valence-electron chi connectivity index (χ0n) is 16.3. The van der Waals surface area contributed by atoms with Gasteiger partial charge in [-0.2, -0.15) is 4.31 Å². The Bertz CT molecular complexity index is 755. The zero-order valence-corrected chi connectivity index (χ0v) is 17.1. The molecule has 0 saturated heterocycles. The third-order valence-electron chi connectivity index (χ3n) is 4.24. The van der Waals surface area contributed by atoms with Crippen molar-refractivity contribution in [2.75, 3.05) is 26.7 Å². The molecule has 0 fully saturated rings. The van der Waals surface area contributed by atoms with Crippen molar-refractivity contribution in [3.05, 3.63) is 29.3 Å². The van der Waals surface area contributed by atoms with Gasteiger partial charge in [-0.05, 0) is 38.5 Å². The number of nitrogens with zero attached hydrogens (tertiary/aromatic N) is 2. The van der Waals surface area contributed by atoms with Crippen LogP contribution in [0.3, 0.4) is 0 Å². The van der Waals surface area contributed by atoms with Crippen molar-refractivity contribution in [2.45, 2.75) is 45.6 Å². The van der Waals surface area contributed by atoms with Crippen LogP contribution in [0.25, 0.3) is 0 Å². The standard InChI is InChI=1S/C18H28N2O5S/c1-7-20(8-2)26(23,24)16-11-15(10-9-14(16)5)18(22)25-12-17(21)19(6)13(3)4/h9-11,13H,7-8,12H2,1-6H3. The van der Waals surface area contributed by atoms with E-state index in [1.165, 1.54) is 21.3 Å². The molecule has 0 saturated carbocycles. The van der Waals surface area contributed by atoms with E-state index in [1.54, 1.807) is 33.9 Å². The molecule has 8 heteroatoms. The van der Waals surface area contributed by atoms with Gasteiger partial charge < -0.3 is 9.64 Å². The van der Waals surface area contributed by atoms with Crippen LogP contribution in [0.15, 0.2) is 23.1 Å². The van der Waals surface area contributed by atoms with Crippen LogP contribution in [-0.2, 0) is 19.6 Å². The summed E-state index contributed by atoms with van der Waals surface area (Å²) < 4.78 is 31.8. The number of esters is 1. The fraction of sp³-hybridized carbons (Fsp3) is 0.556. The second kappa shape index (κ2) is 9.14. The lowest BCUT2D eigenvalue weighted by Crippen LogP contribution is -2.36. The van der Waals surface area contributed by atoms with Crippen LogP contribution < -0.4 is 0 Å². The van der Waals surface area contributed by atoms with Gasteiger partial charge in [0.25, 0.3) is 5.91 Å². The summed E-state index contributed by atoms with van der Waals surface area (Å²) in [5.41, 5.74) is 0.644. The molecule has 0 aliphatic heterocycles. The fourth-order valence-electron chi connectivity index (χ4n) is 2.31. The molecule has 0 atom stereocenters. The van der Waals surface area contributed by atoms with Gasteiger partial charge in [0.15, 0.2) is 6.61 Å². The second-order valence-corrected chi connectivity index (χ2v) is 8.15. The number of likely N-dealkylation sites (N-methyl/N-ethyl adjacent to an activating group) is 1. The SMILES string of the molecule is CCN(CC)S(=O)(=O)c1cc(C(=O)OCC(=O)N(C)C(C)C)ccc1C. The smallest absolute Gasteiger partial charge is 0.338 e. The molecule has 1 aromatic rings. The molecule has 26 heavy (non-hydrogen) atoms. The third-order valence-corrected chi connectivity index (χ3v) is 6.43. The highest BCUT2D eigenvalue weighted by Crippen LogP contribution is 2.21. The minimum atomic E-state index is -3.69. The number of carbonyl (C=O) groups excluding carboxylic acids is 2. The molecule has 1 rings (SSSR count). The number of benzene rings is 1. The first kappa shape index (κ1) is 22.1. The van der Waals surface area contributed by atoms with Crippen LogP contribution in [0.2, 0.25) is 0 Å². The third kappa shape index (κ3) is 5.04. The first-order valence-corrected chi connectivity index (χ1v) is 10.0. The van der Waals surface area contributed by atoms with Gasteiger partial charge >= 0.3 is 5.97 Å². The summed E-state index contributed by atoms with van der Waals surface area (Å²) in [6.07, 6.45) is 0. The van der Waals surface area contributed by atoms with E-state index in [4.69, 9.17) is 4.74 Å². The van der Waals surface area contributed by atoms with Gasteiger partial charge in [0.2, 0.25) is 10.0 Å². The number of aryl methyl sites for hydroxylation is 1. The molecule has 0 bridgehead atoms. The Morgan fingerprint density at radius 3 is 2.23 bits per heavy atom. The summed E-state index contributed by atoms with van der Waals surface area (Å²) in [4.78, 5) is 25.7. The number of sulfonamides is 1. The molecule has 7 nitrogen and oxygen atoms in total. The quantitative estimate of drug-likeness (QED) is 0.641. The van der Waals surface area contributed by atoms with E-state index in [0.29, 0.717) is 18.7 Å². The van der Waals surface area contributed by atoms with Crippen LogP contribution >= 0.6 is 0 Å². The van der Waals surface area contributed by atoms with E-state index in [1.807, 2.05) is 13.8 Å². The molecule has 0 aliphatic rings. The molecule has 0 unspecified atom stereocenters. The van der Waals surface area contributed by atoms with Crippen molar-refractivity contribution in [1.29, 1.82) is 0 Å². The van der Waals surface area contributed by atoms with Gasteiger partial charge in [-0.3, -0.25) is 4.79 Å². The average Bonchev–Trinajstić information content (AvgIpc) is 2.59. The zero-order chi connectivity index (χ0) is 20.1. The van der Waals surface area contributed by atoms with E-state index in [2.05, 4.69) is 0 Å². The van der Waals surface area contributed by atoms with E-state index in [-0.39, 0.29) is 29.0 Å². The predicted octanol–water partition coefficient (Wildman–Crippen LogP) is 2.05. The molecule has 0 aromatic heterocycles. The summed E-state index contributed by atoms with van der Waals surface area (Å²) in [5.74, 6) is -1.05. The number of hydrogen-bond donors (Lipinski definition) is 0. The van der Waals surface area contributed by atoms with Gasteiger partial charge in [0.1, 0.15) is 0 Å². The number of hydrogen-bond acceptors (Lipinski definition) is 5. The summed E-state index contributed by atoms with van der Waals surface area (Å²) in [5, 5.41) is 0. The predicted molar refractivity (Wildman–Crippen MR) is 99.5 cm³/mol. The largest absolute Gasteiger partial charge is 0.452 e. The Balaban J connectivity index is 3.03. The molecular formula is C18H28N2O5S. The summed E-state index contributed by atoms with van der Waals surface area (Å²) in [7, 11) is -2.07. The molecular weight excluding hydrogens is 356 g/mol. The average molecular weight is 384 g/mol. The fourth-order valence-corrected chi connectivity index (χ4v) is 4.02. The van der Waals surface area contributed by atoms with Crippen molar-refractivity contribution in [3.63, 3.8) is 0 Å². The van der Waals surface area contributed by atoms with Crippen LogP contribution in [0.4, 0.5) is 0 Å². The van der Waals surface area contributed by atoms with Crippen molar-refractivity contribution in [2.24, 2.45) is 0 Å². The van der Waals surface area contributed by atoms with Crippen molar-refractivity contribution in [1.82, 2.24) is 9.21 Å². The Morgan fingerprint density at radius 1 is 1.15 bits per heavy atom. The maximum Gasteiger partial charge on any atom is 0.338 e. The highest BCUT2D eigenvalue weighted by atomic mass is 32.2. The van der Waals surface area contributed by atoms with Gasteiger partial charge in [0.05, 0.1) is 10.5 Å². The van der Waals surface area contributed by atoms with E-state index in [9.17, 15) is 18.0 Å². The number of ether oxygens (including phenoxy) is 1. The van der Waals surface area contributed by atoms with Crippen molar-refractivity contribution < 1.29 is 22.7 Å². The van der Waals surface area contributed by atoms with E-state index >= 15 is 0 Å². The molecule has 0 aliphatic carbocycles. The molecule has 1 amide bonds. The molecule has 146 valence electrons. The molecule has 0 N–H and O–H groups in total. The van der Waals surface area contributed by atoms with Gasteiger partial charge in [-0.25, -0.2) is 13.2 Å². The highest BCUT2D eigenvalue weighted by molar-refractivity contribution is 7.89. The van der Waals surface area contributed by atoms with E-state index in [0.717, 1.165) is 0 Å². The maximum absolute atomic E-state index is 12.7. The van der Waals surface area contributed by atoms with Gasteiger partial charge in [-0.15, -0.1) is 0 Å². The van der Waals surface area contributed by atoms with Gasteiger partial charge in [0, 0.05) is 26.2 Å².